The number of nitrogens with zero attached hydrogens (tertiary/aromatic N) is 1. The van der Waals surface area contributed by atoms with Gasteiger partial charge in [0.15, 0.2) is 0 Å². The van der Waals surface area contributed by atoms with Crippen LogP contribution in [0.25, 0.3) is 0 Å². The number of carboxylic acids is 1. The zero-order valence-electron chi connectivity index (χ0n) is 13.6. The van der Waals surface area contributed by atoms with Crippen LogP contribution in [-0.2, 0) is 16.0 Å². The van der Waals surface area contributed by atoms with E-state index < -0.39 is 11.4 Å². The van der Waals surface area contributed by atoms with E-state index >= 15 is 0 Å². The lowest BCUT2D eigenvalue weighted by atomic mass is 9.90. The van der Waals surface area contributed by atoms with Crippen LogP contribution < -0.4 is 5.32 Å². The summed E-state index contributed by atoms with van der Waals surface area (Å²) in [5.74, 6) is -0.0671. The maximum atomic E-state index is 12.4. The summed E-state index contributed by atoms with van der Waals surface area (Å²) < 4.78 is 10.4. The van der Waals surface area contributed by atoms with E-state index in [0.717, 1.165) is 5.76 Å². The molecule has 1 aromatic heterocycles. The Labute approximate surface area is 135 Å². The molecule has 2 N–H and O–H groups in total. The Morgan fingerprint density at radius 3 is 2.91 bits per heavy atom. The number of ether oxygens (including phenoxy) is 1. The summed E-state index contributed by atoms with van der Waals surface area (Å²) in [5.41, 5.74) is -0.861. The van der Waals surface area contributed by atoms with Crippen LogP contribution >= 0.6 is 0 Å². The lowest BCUT2D eigenvalue weighted by molar-refractivity contribution is -0.146. The minimum Gasteiger partial charge on any atom is -0.481 e. The van der Waals surface area contributed by atoms with Crippen LogP contribution in [0, 0.1) is 5.41 Å². The minimum absolute atomic E-state index is 0.120. The van der Waals surface area contributed by atoms with Gasteiger partial charge >= 0.3 is 12.0 Å². The predicted octanol–water partition coefficient (Wildman–Crippen LogP) is 1.73. The summed E-state index contributed by atoms with van der Waals surface area (Å²) in [6.07, 6.45) is 3.30. The van der Waals surface area contributed by atoms with Crippen LogP contribution in [-0.4, -0.2) is 54.9 Å². The highest BCUT2D eigenvalue weighted by Gasteiger charge is 2.42. The molecule has 2 atom stereocenters. The van der Waals surface area contributed by atoms with Gasteiger partial charge in [0, 0.05) is 39.3 Å². The van der Waals surface area contributed by atoms with Crippen LogP contribution in [0.4, 0.5) is 4.79 Å². The molecule has 1 aromatic rings. The number of carbonyl (C=O) groups excluding carboxylic acids is 1. The first-order valence-corrected chi connectivity index (χ1v) is 7.75. The zero-order valence-corrected chi connectivity index (χ0v) is 13.6. The average Bonchev–Trinajstić information content (AvgIpc) is 3.15. The number of furan rings is 1. The van der Waals surface area contributed by atoms with Crippen molar-refractivity contribution in [3.63, 3.8) is 0 Å². The van der Waals surface area contributed by atoms with E-state index in [2.05, 4.69) is 5.32 Å². The Bertz CT molecular complexity index is 531. The number of carboxylic acid groups (broad SMARTS) is 1. The number of hydrogen-bond acceptors (Lipinski definition) is 4. The summed E-state index contributed by atoms with van der Waals surface area (Å²) in [5, 5.41) is 12.2. The molecule has 1 fully saturated rings. The molecule has 0 bridgehead atoms. The number of carbonyl (C=O) groups is 2. The monoisotopic (exact) mass is 324 g/mol. The molecule has 7 heteroatoms. The molecule has 2 heterocycles. The van der Waals surface area contributed by atoms with Crippen LogP contribution in [0.15, 0.2) is 22.8 Å². The molecule has 0 spiro atoms. The molecule has 2 rings (SSSR count). The predicted molar refractivity (Wildman–Crippen MR) is 83.2 cm³/mol. The van der Waals surface area contributed by atoms with Gasteiger partial charge in [-0.3, -0.25) is 4.79 Å². The molecule has 1 saturated heterocycles. The van der Waals surface area contributed by atoms with Crippen molar-refractivity contribution in [2.24, 2.45) is 5.41 Å². The van der Waals surface area contributed by atoms with E-state index in [1.54, 1.807) is 25.2 Å². The van der Waals surface area contributed by atoms with Gasteiger partial charge in [-0.05, 0) is 31.9 Å². The van der Waals surface area contributed by atoms with Crippen molar-refractivity contribution < 1.29 is 23.8 Å². The molecule has 0 saturated carbocycles. The minimum atomic E-state index is -0.862. The van der Waals surface area contributed by atoms with Crippen molar-refractivity contribution in [3.05, 3.63) is 24.2 Å². The zero-order chi connectivity index (χ0) is 16.9. The third-order valence-electron chi connectivity index (χ3n) is 4.30. The number of amides is 2. The summed E-state index contributed by atoms with van der Waals surface area (Å²) in [6.45, 7) is 2.88. The fourth-order valence-electron chi connectivity index (χ4n) is 2.73. The molecular weight excluding hydrogens is 300 g/mol. The van der Waals surface area contributed by atoms with Gasteiger partial charge in [-0.15, -0.1) is 0 Å². The second-order valence-corrected chi connectivity index (χ2v) is 6.25. The molecule has 0 aromatic carbocycles. The van der Waals surface area contributed by atoms with Crippen LogP contribution in [0.1, 0.15) is 25.5 Å². The van der Waals surface area contributed by atoms with E-state index in [0.29, 0.717) is 32.4 Å². The number of likely N-dealkylation sites (tertiary alicyclic amines) is 1. The van der Waals surface area contributed by atoms with E-state index in [4.69, 9.17) is 9.15 Å². The molecule has 128 valence electrons. The number of aliphatic carboxylic acids is 1. The van der Waals surface area contributed by atoms with Crippen molar-refractivity contribution in [2.45, 2.75) is 32.2 Å². The van der Waals surface area contributed by atoms with Gasteiger partial charge in [0.1, 0.15) is 5.76 Å². The molecule has 0 radical (unpaired) electrons. The third kappa shape index (κ3) is 4.48. The maximum Gasteiger partial charge on any atom is 0.317 e. The molecule has 1 aliphatic rings. The second kappa shape index (κ2) is 7.50. The Morgan fingerprint density at radius 2 is 2.35 bits per heavy atom. The maximum absolute atomic E-state index is 12.4. The standard InChI is InChI=1S/C16H24N2O5/c1-16(14(19)20)6-7-18(11-16)15(21)17-12(5-9-22-2)10-13-4-3-8-23-13/h3-4,8,12H,5-7,9-11H2,1-2H3,(H,17,21)(H,19,20). The van der Waals surface area contributed by atoms with Gasteiger partial charge in [0.05, 0.1) is 11.7 Å². The van der Waals surface area contributed by atoms with Gasteiger partial charge in [-0.1, -0.05) is 0 Å². The number of urea groups is 1. The Hall–Kier alpha value is -2.02. The van der Waals surface area contributed by atoms with E-state index in [-0.39, 0.29) is 18.6 Å². The fraction of sp³-hybridized carbons (Fsp3) is 0.625. The molecular formula is C16H24N2O5. The Morgan fingerprint density at radius 1 is 1.57 bits per heavy atom. The Balaban J connectivity index is 1.93. The largest absolute Gasteiger partial charge is 0.481 e. The first kappa shape index (κ1) is 17.3. The summed E-state index contributed by atoms with van der Waals surface area (Å²) in [7, 11) is 1.62. The lowest BCUT2D eigenvalue weighted by Gasteiger charge is -2.24. The van der Waals surface area contributed by atoms with Crippen molar-refractivity contribution >= 4 is 12.0 Å². The summed E-state index contributed by atoms with van der Waals surface area (Å²) in [6, 6.07) is 3.32. The lowest BCUT2D eigenvalue weighted by Crippen LogP contribution is -2.46. The highest BCUT2D eigenvalue weighted by atomic mass is 16.5. The van der Waals surface area contributed by atoms with Crippen molar-refractivity contribution in [1.82, 2.24) is 10.2 Å². The highest BCUT2D eigenvalue weighted by Crippen LogP contribution is 2.30. The molecule has 2 amide bonds. The topological polar surface area (TPSA) is 92.0 Å². The first-order chi connectivity index (χ1) is 10.9. The SMILES string of the molecule is COCCC(Cc1ccco1)NC(=O)N1CCC(C)(C(=O)O)C1. The molecule has 2 unspecified atom stereocenters. The number of methoxy groups -OCH3 is 1. The molecule has 23 heavy (non-hydrogen) atoms. The summed E-state index contributed by atoms with van der Waals surface area (Å²) >= 11 is 0. The van der Waals surface area contributed by atoms with Crippen LogP contribution in [0.5, 0.6) is 0 Å². The average molecular weight is 324 g/mol. The van der Waals surface area contributed by atoms with E-state index in [1.807, 2.05) is 12.1 Å². The van der Waals surface area contributed by atoms with E-state index in [9.17, 15) is 14.7 Å². The molecule has 1 aliphatic heterocycles. The van der Waals surface area contributed by atoms with Crippen molar-refractivity contribution in [1.29, 1.82) is 0 Å². The fourth-order valence-corrected chi connectivity index (χ4v) is 2.73. The molecule has 7 nitrogen and oxygen atoms in total. The van der Waals surface area contributed by atoms with E-state index in [1.165, 1.54) is 0 Å². The number of rotatable bonds is 7. The van der Waals surface area contributed by atoms with Gasteiger partial charge < -0.3 is 24.5 Å². The highest BCUT2D eigenvalue weighted by molar-refractivity contribution is 5.79. The van der Waals surface area contributed by atoms with Crippen LogP contribution in [0.3, 0.4) is 0 Å². The first-order valence-electron chi connectivity index (χ1n) is 7.75. The Kier molecular flexibility index (Phi) is 5.65. The van der Waals surface area contributed by atoms with Crippen molar-refractivity contribution in [2.75, 3.05) is 26.8 Å². The quantitative estimate of drug-likeness (QED) is 0.797. The van der Waals surface area contributed by atoms with Gasteiger partial charge in [0.2, 0.25) is 0 Å². The number of nitrogens with one attached hydrogen (secondary N) is 1. The third-order valence-corrected chi connectivity index (χ3v) is 4.30. The van der Waals surface area contributed by atoms with Gasteiger partial charge in [-0.25, -0.2) is 4.79 Å². The summed E-state index contributed by atoms with van der Waals surface area (Å²) in [4.78, 5) is 25.3. The number of hydrogen-bond donors (Lipinski definition) is 2. The van der Waals surface area contributed by atoms with Gasteiger partial charge in [0.25, 0.3) is 0 Å². The smallest absolute Gasteiger partial charge is 0.317 e. The van der Waals surface area contributed by atoms with Crippen LogP contribution in [0.2, 0.25) is 0 Å². The van der Waals surface area contributed by atoms with Crippen molar-refractivity contribution in [3.8, 4) is 0 Å². The second-order valence-electron chi connectivity index (χ2n) is 6.25. The normalized spacial score (nSPS) is 22.1. The molecule has 0 aliphatic carbocycles. The van der Waals surface area contributed by atoms with Gasteiger partial charge in [-0.2, -0.15) is 0 Å².